The summed E-state index contributed by atoms with van der Waals surface area (Å²) in [6, 6.07) is 1.93. The Morgan fingerprint density at radius 2 is 1.80 bits per heavy atom. The Morgan fingerprint density at radius 3 is 2.30 bits per heavy atom. The smallest absolute Gasteiger partial charge is 0.138 e. The van der Waals surface area contributed by atoms with Crippen LogP contribution in [0.1, 0.15) is 46.9 Å². The molecule has 0 radical (unpaired) electrons. The number of aliphatic hydroxyl groups excluding tert-OH is 1. The van der Waals surface area contributed by atoms with Gasteiger partial charge < -0.3 is 15.7 Å². The Labute approximate surface area is 122 Å². The molecule has 1 atom stereocenters. The maximum absolute atomic E-state index is 9.08. The molecule has 0 aromatic carbocycles. The summed E-state index contributed by atoms with van der Waals surface area (Å²) < 4.78 is 0. The second-order valence-corrected chi connectivity index (χ2v) is 6.31. The number of nitrogens with one attached hydrogen (secondary N) is 2. The second kappa shape index (κ2) is 7.43. The van der Waals surface area contributed by atoms with Gasteiger partial charge >= 0.3 is 0 Å². The van der Waals surface area contributed by atoms with Crippen LogP contribution in [0.3, 0.4) is 0 Å². The predicted molar refractivity (Wildman–Crippen MR) is 84.3 cm³/mol. The fraction of sp³-hybridized carbons (Fsp3) is 0.733. The molecule has 5 nitrogen and oxygen atoms in total. The van der Waals surface area contributed by atoms with Crippen LogP contribution in [0.5, 0.6) is 0 Å². The third-order valence-corrected chi connectivity index (χ3v) is 2.90. The topological polar surface area (TPSA) is 70.1 Å². The van der Waals surface area contributed by atoms with Crippen molar-refractivity contribution in [3.05, 3.63) is 11.9 Å². The van der Waals surface area contributed by atoms with E-state index in [1.807, 2.05) is 13.0 Å². The molecule has 0 saturated carbocycles. The first-order valence-corrected chi connectivity index (χ1v) is 7.35. The number of hydrogen-bond acceptors (Lipinski definition) is 5. The Hall–Kier alpha value is -1.36. The average molecular weight is 280 g/mol. The van der Waals surface area contributed by atoms with Gasteiger partial charge in [0, 0.05) is 31.2 Å². The molecule has 20 heavy (non-hydrogen) atoms. The van der Waals surface area contributed by atoms with Gasteiger partial charge in [0.15, 0.2) is 0 Å². The predicted octanol–water partition coefficient (Wildman–Crippen LogP) is 2.64. The van der Waals surface area contributed by atoms with E-state index < -0.39 is 0 Å². The fourth-order valence-corrected chi connectivity index (χ4v) is 1.56. The highest BCUT2D eigenvalue weighted by atomic mass is 16.3. The number of aliphatic hydroxyl groups is 1. The maximum Gasteiger partial charge on any atom is 0.138 e. The lowest BCUT2D eigenvalue weighted by Gasteiger charge is -2.20. The number of aromatic nitrogens is 2. The summed E-state index contributed by atoms with van der Waals surface area (Å²) in [6.07, 6.45) is 1.05. The number of hydrogen-bond donors (Lipinski definition) is 3. The number of rotatable bonds is 7. The molecule has 0 aliphatic heterocycles. The lowest BCUT2D eigenvalue weighted by molar-refractivity contribution is 0.244. The van der Waals surface area contributed by atoms with Gasteiger partial charge in [-0.15, -0.1) is 0 Å². The number of anilines is 2. The molecular formula is C15H28N4O. The first-order chi connectivity index (χ1) is 9.36. The average Bonchev–Trinajstić information content (AvgIpc) is 2.41. The molecule has 114 valence electrons. The first kappa shape index (κ1) is 16.7. The van der Waals surface area contributed by atoms with Crippen molar-refractivity contribution in [3.8, 4) is 0 Å². The Morgan fingerprint density at radius 1 is 1.20 bits per heavy atom. The highest BCUT2D eigenvalue weighted by Gasteiger charge is 2.19. The van der Waals surface area contributed by atoms with Gasteiger partial charge in [0.2, 0.25) is 0 Å². The summed E-state index contributed by atoms with van der Waals surface area (Å²) in [5, 5.41) is 15.7. The third kappa shape index (κ3) is 5.33. The van der Waals surface area contributed by atoms with E-state index in [0.29, 0.717) is 6.54 Å². The molecule has 1 unspecified atom stereocenters. The van der Waals surface area contributed by atoms with Crippen LogP contribution in [-0.2, 0) is 5.41 Å². The molecule has 1 aromatic heterocycles. The van der Waals surface area contributed by atoms with E-state index in [4.69, 9.17) is 5.11 Å². The van der Waals surface area contributed by atoms with Crippen molar-refractivity contribution in [2.24, 2.45) is 5.92 Å². The zero-order valence-corrected chi connectivity index (χ0v) is 13.3. The van der Waals surface area contributed by atoms with Crippen LogP contribution in [0.4, 0.5) is 11.6 Å². The Bertz CT molecular complexity index is 415. The molecule has 5 heteroatoms. The monoisotopic (exact) mass is 280 g/mol. The summed E-state index contributed by atoms with van der Waals surface area (Å²) in [5.41, 5.74) is -0.0943. The van der Waals surface area contributed by atoms with Gasteiger partial charge in [-0.1, -0.05) is 34.6 Å². The lowest BCUT2D eigenvalue weighted by atomic mass is 9.96. The van der Waals surface area contributed by atoms with Gasteiger partial charge in [0.05, 0.1) is 0 Å². The minimum absolute atomic E-state index is 0.0943. The van der Waals surface area contributed by atoms with E-state index >= 15 is 0 Å². The molecule has 3 N–H and O–H groups in total. The quantitative estimate of drug-likeness (QED) is 0.716. The van der Waals surface area contributed by atoms with Crippen molar-refractivity contribution in [3.63, 3.8) is 0 Å². The largest absolute Gasteiger partial charge is 0.396 e. The van der Waals surface area contributed by atoms with Crippen molar-refractivity contribution >= 4 is 11.6 Å². The summed E-state index contributed by atoms with van der Waals surface area (Å²) in [4.78, 5) is 9.15. The molecule has 1 heterocycles. The van der Waals surface area contributed by atoms with Crippen LogP contribution >= 0.6 is 0 Å². The summed E-state index contributed by atoms with van der Waals surface area (Å²) in [6.45, 7) is 12.2. The lowest BCUT2D eigenvalue weighted by Crippen LogP contribution is -2.20. The normalized spacial score (nSPS) is 13.1. The van der Waals surface area contributed by atoms with Crippen LogP contribution in [-0.4, -0.2) is 34.8 Å². The van der Waals surface area contributed by atoms with Crippen molar-refractivity contribution in [2.45, 2.75) is 46.5 Å². The zero-order valence-electron chi connectivity index (χ0n) is 13.3. The van der Waals surface area contributed by atoms with Crippen LogP contribution < -0.4 is 10.6 Å². The van der Waals surface area contributed by atoms with Gasteiger partial charge in [0.1, 0.15) is 17.5 Å². The first-order valence-electron chi connectivity index (χ1n) is 7.35. The molecule has 0 aliphatic carbocycles. The van der Waals surface area contributed by atoms with Gasteiger partial charge in [-0.2, -0.15) is 0 Å². The summed E-state index contributed by atoms with van der Waals surface area (Å²) in [5.74, 6) is 2.68. The summed E-state index contributed by atoms with van der Waals surface area (Å²) in [7, 11) is 0. The zero-order chi connectivity index (χ0) is 15.2. The molecule has 0 saturated heterocycles. The summed E-state index contributed by atoms with van der Waals surface area (Å²) >= 11 is 0. The fourth-order valence-electron chi connectivity index (χ4n) is 1.56. The molecule has 1 rings (SSSR count). The van der Waals surface area contributed by atoms with Gasteiger partial charge in [0.25, 0.3) is 0 Å². The molecule has 0 fully saturated rings. The molecule has 0 bridgehead atoms. The Balaban J connectivity index is 2.91. The van der Waals surface area contributed by atoms with Crippen LogP contribution in [0.15, 0.2) is 6.07 Å². The Kier molecular flexibility index (Phi) is 6.20. The maximum atomic E-state index is 9.08. The third-order valence-electron chi connectivity index (χ3n) is 2.90. The van der Waals surface area contributed by atoms with Crippen molar-refractivity contribution < 1.29 is 5.11 Å². The van der Waals surface area contributed by atoms with E-state index in [1.165, 1.54) is 0 Å². The van der Waals surface area contributed by atoms with E-state index in [9.17, 15) is 0 Å². The van der Waals surface area contributed by atoms with E-state index in [2.05, 4.69) is 48.3 Å². The van der Waals surface area contributed by atoms with Gasteiger partial charge in [-0.25, -0.2) is 9.97 Å². The highest BCUT2D eigenvalue weighted by molar-refractivity contribution is 5.48. The second-order valence-electron chi connectivity index (χ2n) is 6.31. The molecule has 0 aliphatic rings. The molecule has 0 amide bonds. The van der Waals surface area contributed by atoms with Crippen molar-refractivity contribution in [1.82, 2.24) is 9.97 Å². The standard InChI is InChI=1S/C15H28N4O/c1-6-7-16-12-8-13(17-9-11(2)10-20)19-14(18-12)15(3,4)5/h8,11,20H,6-7,9-10H2,1-5H3,(H2,16,17,18,19). The highest BCUT2D eigenvalue weighted by Crippen LogP contribution is 2.22. The minimum atomic E-state index is -0.0943. The van der Waals surface area contributed by atoms with E-state index in [1.54, 1.807) is 0 Å². The molecular weight excluding hydrogens is 252 g/mol. The van der Waals surface area contributed by atoms with Gasteiger partial charge in [-0.3, -0.25) is 0 Å². The minimum Gasteiger partial charge on any atom is -0.396 e. The molecule has 0 spiro atoms. The van der Waals surface area contributed by atoms with Crippen molar-refractivity contribution in [1.29, 1.82) is 0 Å². The van der Waals surface area contributed by atoms with E-state index in [0.717, 1.165) is 30.4 Å². The van der Waals surface area contributed by atoms with Crippen LogP contribution in [0.25, 0.3) is 0 Å². The van der Waals surface area contributed by atoms with Crippen LogP contribution in [0, 0.1) is 5.92 Å². The van der Waals surface area contributed by atoms with Gasteiger partial charge in [-0.05, 0) is 12.3 Å². The van der Waals surface area contributed by atoms with E-state index in [-0.39, 0.29) is 17.9 Å². The van der Waals surface area contributed by atoms with Crippen molar-refractivity contribution in [2.75, 3.05) is 30.3 Å². The molecule has 1 aromatic rings. The van der Waals surface area contributed by atoms with Crippen LogP contribution in [0.2, 0.25) is 0 Å². The SMILES string of the molecule is CCCNc1cc(NCC(C)CO)nc(C(C)(C)C)n1. The number of nitrogens with zero attached hydrogens (tertiary/aromatic N) is 2.